The average molecular weight is 357 g/mol. The molecule has 0 aliphatic carbocycles. The van der Waals surface area contributed by atoms with E-state index in [4.69, 9.17) is 9.47 Å². The van der Waals surface area contributed by atoms with Gasteiger partial charge in [-0.2, -0.15) is 20.1 Å². The first kappa shape index (κ1) is 17.7. The number of hydrogen-bond acceptors (Lipinski definition) is 9. The average Bonchev–Trinajstić information content (AvgIpc) is 2.66. The quantitative estimate of drug-likeness (QED) is 0.512. The van der Waals surface area contributed by atoms with Gasteiger partial charge in [0, 0.05) is 18.7 Å². The molecule has 0 atom stereocenters. The molecule has 0 amide bonds. The Labute approximate surface area is 152 Å². The summed E-state index contributed by atoms with van der Waals surface area (Å²) in [6, 6.07) is 5.74. The molecule has 1 aliphatic rings. The van der Waals surface area contributed by atoms with Gasteiger partial charge >= 0.3 is 0 Å². The van der Waals surface area contributed by atoms with E-state index >= 15 is 0 Å². The molecule has 0 saturated heterocycles. The minimum Gasteiger partial charge on any atom is -0.486 e. The van der Waals surface area contributed by atoms with Crippen molar-refractivity contribution in [1.29, 1.82) is 0 Å². The lowest BCUT2D eigenvalue weighted by molar-refractivity contribution is 0.171. The van der Waals surface area contributed by atoms with Gasteiger partial charge in [0.1, 0.15) is 13.2 Å². The van der Waals surface area contributed by atoms with Crippen LogP contribution in [0.5, 0.6) is 11.5 Å². The zero-order valence-corrected chi connectivity index (χ0v) is 15.2. The van der Waals surface area contributed by atoms with Crippen LogP contribution in [0.4, 0.5) is 17.8 Å². The Hall–Kier alpha value is -3.10. The van der Waals surface area contributed by atoms with E-state index in [2.05, 4.69) is 36.1 Å². The highest BCUT2D eigenvalue weighted by molar-refractivity contribution is 5.99. The van der Waals surface area contributed by atoms with Crippen molar-refractivity contribution in [2.45, 2.75) is 20.8 Å². The highest BCUT2D eigenvalue weighted by Crippen LogP contribution is 2.30. The van der Waals surface area contributed by atoms with Crippen LogP contribution in [0.2, 0.25) is 0 Å². The van der Waals surface area contributed by atoms with Crippen LogP contribution in [0.3, 0.4) is 0 Å². The second-order valence-corrected chi connectivity index (χ2v) is 5.53. The Bertz CT molecular complexity index is 770. The fourth-order valence-corrected chi connectivity index (χ4v) is 2.37. The van der Waals surface area contributed by atoms with Crippen LogP contribution < -0.4 is 25.5 Å². The van der Waals surface area contributed by atoms with Crippen molar-refractivity contribution in [2.75, 3.05) is 42.4 Å². The molecule has 0 fully saturated rings. The van der Waals surface area contributed by atoms with Crippen molar-refractivity contribution in [3.05, 3.63) is 23.8 Å². The summed E-state index contributed by atoms with van der Waals surface area (Å²) >= 11 is 0. The lowest BCUT2D eigenvalue weighted by atomic mass is 10.1. The van der Waals surface area contributed by atoms with Gasteiger partial charge in [0.2, 0.25) is 17.8 Å². The van der Waals surface area contributed by atoms with Crippen LogP contribution >= 0.6 is 0 Å². The number of ether oxygens (including phenoxy) is 2. The first-order chi connectivity index (χ1) is 12.7. The normalized spacial score (nSPS) is 13.3. The third-order valence-corrected chi connectivity index (χ3v) is 3.59. The molecule has 0 saturated carbocycles. The van der Waals surface area contributed by atoms with Crippen LogP contribution in [0.25, 0.3) is 0 Å². The minimum absolute atomic E-state index is 0.365. The number of nitrogens with zero attached hydrogens (tertiary/aromatic N) is 4. The lowest BCUT2D eigenvalue weighted by Crippen LogP contribution is -2.15. The number of hydrazone groups is 1. The molecule has 1 aromatic carbocycles. The molecule has 2 aromatic rings. The Morgan fingerprint density at radius 1 is 0.962 bits per heavy atom. The molecule has 0 unspecified atom stereocenters. The van der Waals surface area contributed by atoms with Crippen molar-refractivity contribution >= 4 is 23.6 Å². The maximum atomic E-state index is 5.61. The van der Waals surface area contributed by atoms with Crippen LogP contribution in [-0.2, 0) is 0 Å². The van der Waals surface area contributed by atoms with Crippen molar-refractivity contribution in [2.24, 2.45) is 5.10 Å². The first-order valence-corrected chi connectivity index (χ1v) is 8.63. The highest BCUT2D eigenvalue weighted by Gasteiger charge is 2.13. The molecule has 0 bridgehead atoms. The highest BCUT2D eigenvalue weighted by atomic mass is 16.6. The van der Waals surface area contributed by atoms with Crippen LogP contribution in [0.1, 0.15) is 26.3 Å². The fourth-order valence-electron chi connectivity index (χ4n) is 2.37. The van der Waals surface area contributed by atoms with E-state index < -0.39 is 0 Å². The van der Waals surface area contributed by atoms with Gasteiger partial charge in [-0.3, -0.25) is 0 Å². The minimum atomic E-state index is 0.365. The third-order valence-electron chi connectivity index (χ3n) is 3.59. The number of anilines is 3. The van der Waals surface area contributed by atoms with Crippen molar-refractivity contribution < 1.29 is 9.47 Å². The molecule has 0 spiro atoms. The Morgan fingerprint density at radius 3 is 2.23 bits per heavy atom. The number of nitrogens with one attached hydrogen (secondary N) is 3. The maximum Gasteiger partial charge on any atom is 0.250 e. The topological polar surface area (TPSA) is 106 Å². The molecule has 0 radical (unpaired) electrons. The van der Waals surface area contributed by atoms with Gasteiger partial charge in [-0.15, -0.1) is 0 Å². The largest absolute Gasteiger partial charge is 0.486 e. The summed E-state index contributed by atoms with van der Waals surface area (Å²) < 4.78 is 11.2. The summed E-state index contributed by atoms with van der Waals surface area (Å²) in [6.45, 7) is 8.42. The number of aromatic nitrogens is 3. The summed E-state index contributed by atoms with van der Waals surface area (Å²) in [5, 5.41) is 10.5. The molecule has 3 N–H and O–H groups in total. The maximum absolute atomic E-state index is 5.61. The molecule has 1 aliphatic heterocycles. The van der Waals surface area contributed by atoms with Crippen LogP contribution in [0, 0.1) is 0 Å². The van der Waals surface area contributed by atoms with Gasteiger partial charge in [-0.05, 0) is 39.0 Å². The van der Waals surface area contributed by atoms with Crippen LogP contribution in [0.15, 0.2) is 23.3 Å². The van der Waals surface area contributed by atoms with Gasteiger partial charge < -0.3 is 20.1 Å². The summed E-state index contributed by atoms with van der Waals surface area (Å²) in [5.74, 6) is 2.83. The molecule has 9 heteroatoms. The Morgan fingerprint density at radius 2 is 1.58 bits per heavy atom. The third kappa shape index (κ3) is 4.29. The van der Waals surface area contributed by atoms with Crippen molar-refractivity contribution in [3.8, 4) is 11.5 Å². The summed E-state index contributed by atoms with van der Waals surface area (Å²) in [5.41, 5.74) is 4.60. The predicted molar refractivity (Wildman–Crippen MR) is 101 cm³/mol. The molecule has 1 aromatic heterocycles. The van der Waals surface area contributed by atoms with E-state index in [1.165, 1.54) is 0 Å². The standard InChI is InChI=1S/C17H23N7O2/c1-4-18-15-20-16(19-5-2)22-17(21-15)24-23-11(3)12-6-7-13-14(10-12)26-9-8-25-13/h6-7,10H,4-5,8-9H2,1-3H3,(H3,18,19,20,21,22,24)/b23-11+. The summed E-state index contributed by atoms with van der Waals surface area (Å²) in [4.78, 5) is 12.9. The van der Waals surface area contributed by atoms with E-state index in [0.29, 0.717) is 44.1 Å². The molecule has 26 heavy (non-hydrogen) atoms. The van der Waals surface area contributed by atoms with Crippen molar-refractivity contribution in [3.63, 3.8) is 0 Å². The molecule has 3 rings (SSSR count). The first-order valence-electron chi connectivity index (χ1n) is 8.63. The van der Waals surface area contributed by atoms with Gasteiger partial charge in [-0.1, -0.05) is 0 Å². The van der Waals surface area contributed by atoms with E-state index in [1.807, 2.05) is 39.0 Å². The van der Waals surface area contributed by atoms with Gasteiger partial charge in [0.25, 0.3) is 0 Å². The van der Waals surface area contributed by atoms with Gasteiger partial charge in [0.05, 0.1) is 5.71 Å². The Balaban J connectivity index is 1.77. The number of benzene rings is 1. The van der Waals surface area contributed by atoms with Gasteiger partial charge in [-0.25, -0.2) is 5.43 Å². The second kappa shape index (κ2) is 8.32. The molecular weight excluding hydrogens is 334 g/mol. The fraction of sp³-hybridized carbons (Fsp3) is 0.412. The van der Waals surface area contributed by atoms with E-state index in [9.17, 15) is 0 Å². The van der Waals surface area contributed by atoms with Crippen LogP contribution in [-0.4, -0.2) is 47.0 Å². The zero-order valence-electron chi connectivity index (χ0n) is 15.2. The molecule has 2 heterocycles. The van der Waals surface area contributed by atoms with E-state index in [1.54, 1.807) is 0 Å². The number of fused-ring (bicyclic) bond motifs is 1. The second-order valence-electron chi connectivity index (χ2n) is 5.53. The number of rotatable bonds is 7. The monoisotopic (exact) mass is 357 g/mol. The summed E-state index contributed by atoms with van der Waals surface area (Å²) in [6.07, 6.45) is 0. The van der Waals surface area contributed by atoms with Gasteiger partial charge in [0.15, 0.2) is 11.5 Å². The van der Waals surface area contributed by atoms with Crippen molar-refractivity contribution in [1.82, 2.24) is 15.0 Å². The number of hydrogen-bond donors (Lipinski definition) is 3. The van der Waals surface area contributed by atoms with E-state index in [-0.39, 0.29) is 0 Å². The molecule has 9 nitrogen and oxygen atoms in total. The zero-order chi connectivity index (χ0) is 18.4. The predicted octanol–water partition coefficient (Wildman–Crippen LogP) is 2.34. The molecular formula is C17H23N7O2. The van der Waals surface area contributed by atoms with E-state index in [0.717, 1.165) is 22.8 Å². The molecule has 138 valence electrons. The lowest BCUT2D eigenvalue weighted by Gasteiger charge is -2.18. The smallest absolute Gasteiger partial charge is 0.250 e. The SMILES string of the molecule is CCNc1nc(NCC)nc(N/N=C(\C)c2ccc3c(c2)OCCO3)n1. The Kier molecular flexibility index (Phi) is 5.67. The summed E-state index contributed by atoms with van der Waals surface area (Å²) in [7, 11) is 0.